The minimum Gasteiger partial charge on any atom is -0.288 e. The third kappa shape index (κ3) is 3.36. The third-order valence-corrected chi connectivity index (χ3v) is 4.60. The molecule has 0 fully saturated rings. The molecule has 1 aliphatic rings. The van der Waals surface area contributed by atoms with Gasteiger partial charge in [0.2, 0.25) is 0 Å². The highest BCUT2D eigenvalue weighted by Crippen LogP contribution is 2.30. The van der Waals surface area contributed by atoms with Crippen LogP contribution in [-0.2, 0) is 0 Å². The zero-order chi connectivity index (χ0) is 19.0. The molecule has 4 nitrogen and oxygen atoms in total. The minimum absolute atomic E-state index is 0.231. The summed E-state index contributed by atoms with van der Waals surface area (Å²) < 4.78 is 15.2. The number of aromatic nitrogens is 3. The lowest BCUT2D eigenvalue weighted by atomic mass is 9.97. The zero-order valence-electron chi connectivity index (χ0n) is 13.7. The summed E-state index contributed by atoms with van der Waals surface area (Å²) in [4.78, 5) is 17.2. The van der Waals surface area contributed by atoms with E-state index in [0.29, 0.717) is 26.9 Å². The third-order valence-electron chi connectivity index (χ3n) is 4.03. The van der Waals surface area contributed by atoms with Crippen LogP contribution in [0.4, 0.5) is 4.39 Å². The molecule has 1 heterocycles. The standard InChI is InChI=1S/C20H10Cl2FN3O/c21-14-4-1-13(18(22)8-14)7-17-19(26-11-24-10-25-26)6-3-12-2-5-15(23)9-16(12)20(17)27/h1-5,7-11H/b17-7+. The normalized spacial score (nSPS) is 14.9. The Morgan fingerprint density at radius 1 is 1.15 bits per heavy atom. The Morgan fingerprint density at radius 3 is 2.74 bits per heavy atom. The molecule has 0 bridgehead atoms. The summed E-state index contributed by atoms with van der Waals surface area (Å²) in [6.07, 6.45) is 6.04. The van der Waals surface area contributed by atoms with Crippen molar-refractivity contribution in [3.63, 3.8) is 0 Å². The second kappa shape index (κ2) is 6.97. The first kappa shape index (κ1) is 17.4. The Hall–Kier alpha value is -2.98. The van der Waals surface area contributed by atoms with Crippen molar-refractivity contribution >= 4 is 46.8 Å². The van der Waals surface area contributed by atoms with Crippen molar-refractivity contribution < 1.29 is 9.18 Å². The molecule has 1 aromatic heterocycles. The molecule has 1 aliphatic carbocycles. The average molecular weight is 398 g/mol. The smallest absolute Gasteiger partial charge is 0.196 e. The highest BCUT2D eigenvalue weighted by atomic mass is 35.5. The fourth-order valence-electron chi connectivity index (χ4n) is 2.75. The van der Waals surface area contributed by atoms with Crippen LogP contribution in [0.15, 0.2) is 60.4 Å². The average Bonchev–Trinajstić information content (AvgIpc) is 3.13. The molecular weight excluding hydrogens is 388 g/mol. The van der Waals surface area contributed by atoms with E-state index in [-0.39, 0.29) is 16.9 Å². The summed E-state index contributed by atoms with van der Waals surface area (Å²) in [6, 6.07) is 8.99. The van der Waals surface area contributed by atoms with Crippen molar-refractivity contribution in [2.75, 3.05) is 0 Å². The summed E-state index contributed by atoms with van der Waals surface area (Å²) in [6.45, 7) is 0. The molecule has 2 aromatic carbocycles. The minimum atomic E-state index is -0.497. The van der Waals surface area contributed by atoms with Crippen molar-refractivity contribution in [3.05, 3.63) is 92.9 Å². The highest BCUT2D eigenvalue weighted by molar-refractivity contribution is 6.35. The fraction of sp³-hybridized carbons (Fsp3) is 0. The molecule has 0 atom stereocenters. The summed E-state index contributed by atoms with van der Waals surface area (Å²) in [5.41, 5.74) is 5.07. The Bertz CT molecular complexity index is 1160. The fourth-order valence-corrected chi connectivity index (χ4v) is 3.21. The van der Waals surface area contributed by atoms with E-state index < -0.39 is 5.82 Å². The van der Waals surface area contributed by atoms with Crippen LogP contribution in [0.3, 0.4) is 0 Å². The predicted molar refractivity (Wildman–Crippen MR) is 103 cm³/mol. The quantitative estimate of drug-likeness (QED) is 0.443. The van der Waals surface area contributed by atoms with Crippen LogP contribution in [0.2, 0.25) is 10.0 Å². The number of carbonyl (C=O) groups is 1. The van der Waals surface area contributed by atoms with Crippen molar-refractivity contribution in [2.24, 2.45) is 0 Å². The summed E-state index contributed by atoms with van der Waals surface area (Å²) >= 11 is 12.2. The molecule has 132 valence electrons. The van der Waals surface area contributed by atoms with E-state index in [1.165, 1.54) is 35.5 Å². The number of fused-ring (bicyclic) bond motifs is 1. The summed E-state index contributed by atoms with van der Waals surface area (Å²) in [5.74, 6) is -0.870. The van der Waals surface area contributed by atoms with E-state index in [4.69, 9.17) is 23.2 Å². The largest absolute Gasteiger partial charge is 0.288 e. The molecule has 0 radical (unpaired) electrons. The van der Waals surface area contributed by atoms with Gasteiger partial charge in [0.1, 0.15) is 24.2 Å². The van der Waals surface area contributed by atoms with Crippen LogP contribution < -0.4 is 0 Å². The van der Waals surface area contributed by atoms with E-state index in [1.54, 1.807) is 30.4 Å². The molecule has 27 heavy (non-hydrogen) atoms. The van der Waals surface area contributed by atoms with Crippen LogP contribution in [0, 0.1) is 5.82 Å². The van der Waals surface area contributed by atoms with Crippen molar-refractivity contribution in [1.82, 2.24) is 14.8 Å². The van der Waals surface area contributed by atoms with Gasteiger partial charge in [-0.05, 0) is 47.5 Å². The van der Waals surface area contributed by atoms with Gasteiger partial charge in [-0.25, -0.2) is 14.1 Å². The first-order chi connectivity index (χ1) is 13.0. The van der Waals surface area contributed by atoms with Gasteiger partial charge in [0.25, 0.3) is 0 Å². The van der Waals surface area contributed by atoms with Crippen LogP contribution in [-0.4, -0.2) is 20.5 Å². The number of nitrogens with zero attached hydrogens (tertiary/aromatic N) is 3. The maximum Gasteiger partial charge on any atom is 0.196 e. The predicted octanol–water partition coefficient (Wildman–Crippen LogP) is 5.16. The number of hydrogen-bond donors (Lipinski definition) is 0. The second-order valence-electron chi connectivity index (χ2n) is 5.76. The lowest BCUT2D eigenvalue weighted by molar-refractivity contribution is 0.103. The number of carbonyl (C=O) groups excluding carboxylic acids is 1. The van der Waals surface area contributed by atoms with Gasteiger partial charge in [0.05, 0.1) is 5.57 Å². The molecule has 3 aromatic rings. The highest BCUT2D eigenvalue weighted by Gasteiger charge is 2.24. The number of Topliss-reactive ketones (excluding diaryl/α,β-unsaturated/α-hetero) is 1. The van der Waals surface area contributed by atoms with Crippen molar-refractivity contribution in [3.8, 4) is 0 Å². The second-order valence-corrected chi connectivity index (χ2v) is 6.61. The monoisotopic (exact) mass is 397 g/mol. The molecule has 4 rings (SSSR count). The maximum atomic E-state index is 13.8. The number of hydrogen-bond acceptors (Lipinski definition) is 3. The lowest BCUT2D eigenvalue weighted by Crippen LogP contribution is -2.10. The van der Waals surface area contributed by atoms with Crippen LogP contribution in [0.5, 0.6) is 0 Å². The zero-order valence-corrected chi connectivity index (χ0v) is 15.2. The molecule has 0 saturated heterocycles. The molecule has 0 aliphatic heterocycles. The first-order valence-corrected chi connectivity index (χ1v) is 8.61. The Balaban J connectivity index is 1.97. The van der Waals surface area contributed by atoms with Gasteiger partial charge in [-0.15, -0.1) is 0 Å². The number of halogens is 3. The molecule has 0 unspecified atom stereocenters. The van der Waals surface area contributed by atoms with E-state index in [9.17, 15) is 9.18 Å². The SMILES string of the molecule is O=C1/C(=C/c2ccc(Cl)cc2Cl)C(n2cncn2)=C=Cc2ccc(F)cc21. The van der Waals surface area contributed by atoms with Crippen molar-refractivity contribution in [1.29, 1.82) is 0 Å². The Kier molecular flexibility index (Phi) is 4.50. The number of rotatable bonds is 2. The van der Waals surface area contributed by atoms with E-state index in [1.807, 2.05) is 0 Å². The van der Waals surface area contributed by atoms with Gasteiger partial charge in [-0.3, -0.25) is 4.79 Å². The van der Waals surface area contributed by atoms with Gasteiger partial charge in [-0.2, -0.15) is 5.10 Å². The maximum absolute atomic E-state index is 13.8. The Morgan fingerprint density at radius 2 is 2.00 bits per heavy atom. The van der Waals surface area contributed by atoms with Gasteiger partial charge in [0.15, 0.2) is 5.78 Å². The van der Waals surface area contributed by atoms with Crippen LogP contribution in [0.25, 0.3) is 17.8 Å². The van der Waals surface area contributed by atoms with Crippen LogP contribution >= 0.6 is 23.2 Å². The van der Waals surface area contributed by atoms with E-state index in [0.717, 1.165) is 0 Å². The summed E-state index contributed by atoms with van der Waals surface area (Å²) in [5, 5.41) is 4.95. The number of benzene rings is 2. The topological polar surface area (TPSA) is 47.8 Å². The molecular formula is C20H10Cl2FN3O. The first-order valence-electron chi connectivity index (χ1n) is 7.86. The van der Waals surface area contributed by atoms with Gasteiger partial charge < -0.3 is 0 Å². The Labute approximate surface area is 163 Å². The van der Waals surface area contributed by atoms with E-state index in [2.05, 4.69) is 15.8 Å². The van der Waals surface area contributed by atoms with Gasteiger partial charge >= 0.3 is 0 Å². The summed E-state index contributed by atoms with van der Waals surface area (Å²) in [7, 11) is 0. The number of allylic oxidation sites excluding steroid dienone is 2. The molecule has 0 N–H and O–H groups in total. The molecule has 7 heteroatoms. The van der Waals surface area contributed by atoms with Crippen LogP contribution in [0.1, 0.15) is 21.5 Å². The molecule has 0 saturated carbocycles. The van der Waals surface area contributed by atoms with Gasteiger partial charge in [-0.1, -0.05) is 41.1 Å². The van der Waals surface area contributed by atoms with E-state index >= 15 is 0 Å². The molecule has 0 spiro atoms. The van der Waals surface area contributed by atoms with Crippen molar-refractivity contribution in [2.45, 2.75) is 0 Å². The lowest BCUT2D eigenvalue weighted by Gasteiger charge is -2.10. The number of ketones is 1. The molecule has 0 amide bonds. The van der Waals surface area contributed by atoms with Gasteiger partial charge in [0, 0.05) is 15.6 Å².